The predicted molar refractivity (Wildman–Crippen MR) is 83.2 cm³/mol. The van der Waals surface area contributed by atoms with E-state index in [1.54, 1.807) is 0 Å². The average molecular weight is 310 g/mol. The second-order valence-electron chi connectivity index (χ2n) is 5.34. The fourth-order valence-electron chi connectivity index (χ4n) is 2.12. The Labute approximate surface area is 131 Å². The highest BCUT2D eigenvalue weighted by molar-refractivity contribution is 5.68. The third-order valence-electron chi connectivity index (χ3n) is 3.40. The molecule has 124 valence electrons. The minimum Gasteiger partial charge on any atom is -0.469 e. The number of rotatable bonds is 11. The van der Waals surface area contributed by atoms with E-state index in [4.69, 9.17) is 4.74 Å². The van der Waals surface area contributed by atoms with Crippen molar-refractivity contribution in [1.82, 2.24) is 0 Å². The summed E-state index contributed by atoms with van der Waals surface area (Å²) in [6.45, 7) is 0.972. The number of aliphatic hydroxyl groups excluding tert-OH is 2. The number of esters is 1. The van der Waals surface area contributed by atoms with Gasteiger partial charge in [0.15, 0.2) is 0 Å². The zero-order chi connectivity index (χ0) is 16.2. The van der Waals surface area contributed by atoms with Crippen LogP contribution in [0, 0.1) is 0 Å². The van der Waals surface area contributed by atoms with Gasteiger partial charge >= 0.3 is 5.97 Å². The molecule has 0 aliphatic rings. The van der Waals surface area contributed by atoms with Gasteiger partial charge in [-0.1, -0.05) is 30.3 Å². The minimum absolute atomic E-state index is 0.276. The van der Waals surface area contributed by atoms with Crippen LogP contribution in [-0.2, 0) is 20.9 Å². The summed E-state index contributed by atoms with van der Waals surface area (Å²) < 4.78 is 10.0. The molecule has 0 fully saturated rings. The fourth-order valence-corrected chi connectivity index (χ4v) is 2.12. The van der Waals surface area contributed by atoms with Crippen LogP contribution in [0.25, 0.3) is 0 Å². The number of carbonyl (C=O) groups is 1. The molecule has 0 radical (unpaired) electrons. The summed E-state index contributed by atoms with van der Waals surface area (Å²) in [5, 5.41) is 19.6. The van der Waals surface area contributed by atoms with Crippen LogP contribution in [0.3, 0.4) is 0 Å². The van der Waals surface area contributed by atoms with Crippen LogP contribution in [0.5, 0.6) is 0 Å². The van der Waals surface area contributed by atoms with Gasteiger partial charge in [0.25, 0.3) is 0 Å². The lowest BCUT2D eigenvalue weighted by atomic mass is 10.0. The van der Waals surface area contributed by atoms with Gasteiger partial charge in [-0.2, -0.15) is 0 Å². The monoisotopic (exact) mass is 310 g/mol. The van der Waals surface area contributed by atoms with Crippen molar-refractivity contribution in [3.63, 3.8) is 0 Å². The van der Waals surface area contributed by atoms with E-state index in [1.165, 1.54) is 7.11 Å². The molecule has 22 heavy (non-hydrogen) atoms. The Morgan fingerprint density at radius 2 is 1.82 bits per heavy atom. The first-order chi connectivity index (χ1) is 10.6. The molecule has 1 aromatic rings. The Bertz CT molecular complexity index is 407. The number of hydrogen-bond donors (Lipinski definition) is 2. The molecule has 5 nitrogen and oxygen atoms in total. The molecule has 0 unspecified atom stereocenters. The summed E-state index contributed by atoms with van der Waals surface area (Å²) in [5.74, 6) is -0.276. The SMILES string of the molecule is COC(=O)CCC[C@H](O)C[C@@H](O)CCOCc1ccccc1. The molecule has 0 saturated carbocycles. The van der Waals surface area contributed by atoms with Crippen molar-refractivity contribution in [3.05, 3.63) is 35.9 Å². The Hall–Kier alpha value is -1.43. The average Bonchev–Trinajstić information content (AvgIpc) is 2.52. The maximum absolute atomic E-state index is 10.9. The van der Waals surface area contributed by atoms with Crippen LogP contribution >= 0.6 is 0 Å². The largest absolute Gasteiger partial charge is 0.469 e. The van der Waals surface area contributed by atoms with Gasteiger partial charge in [0.05, 0.1) is 25.9 Å². The van der Waals surface area contributed by atoms with E-state index in [1.807, 2.05) is 30.3 Å². The van der Waals surface area contributed by atoms with Crippen LogP contribution < -0.4 is 0 Å². The van der Waals surface area contributed by atoms with Gasteiger partial charge in [0.2, 0.25) is 0 Å². The molecule has 5 heteroatoms. The molecule has 2 N–H and O–H groups in total. The molecule has 0 heterocycles. The first-order valence-corrected chi connectivity index (χ1v) is 7.66. The first kappa shape index (κ1) is 18.6. The molecule has 2 atom stereocenters. The van der Waals surface area contributed by atoms with E-state index in [0.29, 0.717) is 45.3 Å². The van der Waals surface area contributed by atoms with Crippen LogP contribution in [0.1, 0.15) is 37.7 Å². The van der Waals surface area contributed by atoms with Gasteiger partial charge in [0, 0.05) is 13.0 Å². The van der Waals surface area contributed by atoms with E-state index in [-0.39, 0.29) is 5.97 Å². The van der Waals surface area contributed by atoms with Gasteiger partial charge in [-0.15, -0.1) is 0 Å². The van der Waals surface area contributed by atoms with Gasteiger partial charge in [-0.05, 0) is 31.2 Å². The van der Waals surface area contributed by atoms with Crippen LogP contribution in [0.15, 0.2) is 30.3 Å². The summed E-state index contributed by atoms with van der Waals surface area (Å²) in [5.41, 5.74) is 1.10. The second-order valence-corrected chi connectivity index (χ2v) is 5.34. The number of ether oxygens (including phenoxy) is 2. The van der Waals surface area contributed by atoms with E-state index in [2.05, 4.69) is 4.74 Å². The normalized spacial score (nSPS) is 13.6. The van der Waals surface area contributed by atoms with E-state index in [9.17, 15) is 15.0 Å². The third-order valence-corrected chi connectivity index (χ3v) is 3.40. The number of aliphatic hydroxyl groups is 2. The number of hydrogen-bond acceptors (Lipinski definition) is 5. The number of carbonyl (C=O) groups excluding carboxylic acids is 1. The highest BCUT2D eigenvalue weighted by atomic mass is 16.5. The minimum atomic E-state index is -0.603. The number of benzene rings is 1. The molecule has 0 spiro atoms. The van der Waals surface area contributed by atoms with Crippen LogP contribution in [0.2, 0.25) is 0 Å². The second kappa shape index (κ2) is 11.2. The van der Waals surface area contributed by atoms with E-state index in [0.717, 1.165) is 5.56 Å². The smallest absolute Gasteiger partial charge is 0.305 e. The zero-order valence-corrected chi connectivity index (χ0v) is 13.1. The molecule has 1 rings (SSSR count). The number of methoxy groups -OCH3 is 1. The highest BCUT2D eigenvalue weighted by Crippen LogP contribution is 2.10. The maximum atomic E-state index is 10.9. The lowest BCUT2D eigenvalue weighted by Gasteiger charge is -2.15. The van der Waals surface area contributed by atoms with Crippen molar-refractivity contribution < 1.29 is 24.5 Å². The summed E-state index contributed by atoms with van der Waals surface area (Å²) in [4.78, 5) is 10.9. The predicted octanol–water partition coefficient (Wildman–Crippen LogP) is 2.05. The van der Waals surface area contributed by atoms with Crippen molar-refractivity contribution in [1.29, 1.82) is 0 Å². The van der Waals surface area contributed by atoms with Gasteiger partial charge in [-0.25, -0.2) is 0 Å². The van der Waals surface area contributed by atoms with Crippen LogP contribution in [-0.4, -0.2) is 42.1 Å². The third kappa shape index (κ3) is 8.77. The maximum Gasteiger partial charge on any atom is 0.305 e. The molecule has 0 bridgehead atoms. The molecule has 0 aliphatic carbocycles. The van der Waals surface area contributed by atoms with Crippen molar-refractivity contribution in [3.8, 4) is 0 Å². The summed E-state index contributed by atoms with van der Waals surface area (Å²) >= 11 is 0. The lowest BCUT2D eigenvalue weighted by Crippen LogP contribution is -2.19. The van der Waals surface area contributed by atoms with Gasteiger partial charge in [0.1, 0.15) is 0 Å². The molecule has 0 aliphatic heterocycles. The molecule has 1 aromatic carbocycles. The Balaban J connectivity index is 2.04. The van der Waals surface area contributed by atoms with Crippen molar-refractivity contribution >= 4 is 5.97 Å². The van der Waals surface area contributed by atoms with E-state index < -0.39 is 12.2 Å². The molecule has 0 aromatic heterocycles. The summed E-state index contributed by atoms with van der Waals surface area (Å²) in [6.07, 6.45) is 0.931. The van der Waals surface area contributed by atoms with Gasteiger partial charge in [-0.3, -0.25) is 4.79 Å². The van der Waals surface area contributed by atoms with Crippen molar-refractivity contribution in [2.75, 3.05) is 13.7 Å². The van der Waals surface area contributed by atoms with Crippen LogP contribution in [0.4, 0.5) is 0 Å². The molecule has 0 saturated heterocycles. The van der Waals surface area contributed by atoms with Crippen molar-refractivity contribution in [2.24, 2.45) is 0 Å². The quantitative estimate of drug-likeness (QED) is 0.483. The Kier molecular flexibility index (Phi) is 9.46. The van der Waals surface area contributed by atoms with Gasteiger partial charge < -0.3 is 19.7 Å². The standard InChI is InChI=1S/C17H26O5/c1-21-17(20)9-5-8-15(18)12-16(19)10-11-22-13-14-6-3-2-4-7-14/h2-4,6-7,15-16,18-19H,5,8-13H2,1H3/t15-,16-/m0/s1. The fraction of sp³-hybridized carbons (Fsp3) is 0.588. The summed E-state index contributed by atoms with van der Waals surface area (Å²) in [7, 11) is 1.35. The Morgan fingerprint density at radius 3 is 2.50 bits per heavy atom. The van der Waals surface area contributed by atoms with E-state index >= 15 is 0 Å². The highest BCUT2D eigenvalue weighted by Gasteiger charge is 2.12. The van der Waals surface area contributed by atoms with Crippen molar-refractivity contribution in [2.45, 2.75) is 50.9 Å². The first-order valence-electron chi connectivity index (χ1n) is 7.66. The Morgan fingerprint density at radius 1 is 1.14 bits per heavy atom. The lowest BCUT2D eigenvalue weighted by molar-refractivity contribution is -0.140. The molecule has 0 amide bonds. The topological polar surface area (TPSA) is 76.0 Å². The summed E-state index contributed by atoms with van der Waals surface area (Å²) in [6, 6.07) is 9.84. The molecular weight excluding hydrogens is 284 g/mol. The molecular formula is C17H26O5. The zero-order valence-electron chi connectivity index (χ0n) is 13.1.